The second kappa shape index (κ2) is 7.23. The molecular weight excluding hydrogens is 345 g/mol. The average Bonchev–Trinajstić information content (AvgIpc) is 3.32. The molecule has 0 radical (unpaired) electrons. The first-order valence-corrected chi connectivity index (χ1v) is 10.0. The van der Waals surface area contributed by atoms with Crippen LogP contribution in [-0.4, -0.2) is 48.3 Å². The minimum absolute atomic E-state index is 0.164. The first-order chi connectivity index (χ1) is 13.0. The summed E-state index contributed by atoms with van der Waals surface area (Å²) in [4.78, 5) is 20.8. The van der Waals surface area contributed by atoms with Crippen LogP contribution < -0.4 is 5.32 Å². The summed E-state index contributed by atoms with van der Waals surface area (Å²) in [5.74, 6) is -0.509. The molecule has 0 spiro atoms. The minimum atomic E-state index is -1.07. The topological polar surface area (TPSA) is 53.9 Å². The Labute approximate surface area is 159 Å². The molecule has 1 saturated carbocycles. The highest BCUT2D eigenvalue weighted by Gasteiger charge is 2.47. The average molecular weight is 373 g/mol. The van der Waals surface area contributed by atoms with Crippen LogP contribution in [0.25, 0.3) is 0 Å². The maximum atomic E-state index is 14.0. The van der Waals surface area contributed by atoms with E-state index in [0.29, 0.717) is 17.8 Å². The summed E-state index contributed by atoms with van der Waals surface area (Å²) in [5.41, 5.74) is 0.0358. The van der Waals surface area contributed by atoms with Gasteiger partial charge in [0.1, 0.15) is 5.82 Å². The fraction of sp³-hybridized carbons (Fsp3) is 0.619. The smallest absolute Gasteiger partial charge is 0.267 e. The number of rotatable bonds is 6. The Morgan fingerprint density at radius 3 is 2.70 bits per heavy atom. The highest BCUT2D eigenvalue weighted by molar-refractivity contribution is 6.05. The lowest BCUT2D eigenvalue weighted by Gasteiger charge is -2.31. The molecule has 1 N–H and O–H groups in total. The van der Waals surface area contributed by atoms with Crippen LogP contribution in [0.1, 0.15) is 51.0 Å². The van der Waals surface area contributed by atoms with Crippen LogP contribution in [0.4, 0.5) is 4.39 Å². The lowest BCUT2D eigenvalue weighted by molar-refractivity contribution is -0.142. The minimum Gasteiger partial charge on any atom is -0.379 e. The largest absolute Gasteiger partial charge is 0.379 e. The first kappa shape index (κ1) is 18.4. The Morgan fingerprint density at radius 1 is 1.26 bits per heavy atom. The number of hydrogen-bond donors (Lipinski definition) is 1. The van der Waals surface area contributed by atoms with Crippen molar-refractivity contribution in [2.24, 2.45) is 10.6 Å². The number of likely N-dealkylation sites (tertiary alicyclic amines) is 1. The molecule has 0 bridgehead atoms. The van der Waals surface area contributed by atoms with Crippen molar-refractivity contribution < 1.29 is 14.0 Å². The summed E-state index contributed by atoms with van der Waals surface area (Å²) >= 11 is 0. The summed E-state index contributed by atoms with van der Waals surface area (Å²) < 4.78 is 14.0. The van der Waals surface area contributed by atoms with E-state index in [1.54, 1.807) is 25.1 Å². The van der Waals surface area contributed by atoms with Gasteiger partial charge in [-0.05, 0) is 51.8 Å². The van der Waals surface area contributed by atoms with Crippen LogP contribution in [0.2, 0.25) is 0 Å². The molecular formula is C21H28FN3O2. The summed E-state index contributed by atoms with van der Waals surface area (Å²) in [6.07, 6.45) is 6.50. The van der Waals surface area contributed by atoms with Gasteiger partial charge in [0, 0.05) is 30.5 Å². The van der Waals surface area contributed by atoms with Crippen molar-refractivity contribution in [3.8, 4) is 0 Å². The Kier molecular flexibility index (Phi) is 4.93. The second-order valence-electron chi connectivity index (χ2n) is 8.54. The summed E-state index contributed by atoms with van der Waals surface area (Å²) in [6, 6.07) is 6.46. The highest BCUT2D eigenvalue weighted by Crippen LogP contribution is 2.46. The molecule has 3 aliphatic rings. The highest BCUT2D eigenvalue weighted by atomic mass is 19.1. The molecule has 1 saturated heterocycles. The third kappa shape index (κ3) is 4.00. The molecule has 1 unspecified atom stereocenters. The molecule has 146 valence electrons. The van der Waals surface area contributed by atoms with Crippen LogP contribution in [0.15, 0.2) is 29.4 Å². The molecule has 2 fully saturated rings. The van der Waals surface area contributed by atoms with E-state index in [-0.39, 0.29) is 23.6 Å². The number of oxime groups is 1. The molecule has 6 heteroatoms. The Balaban J connectivity index is 1.32. The molecule has 2 aliphatic heterocycles. The molecule has 1 aromatic carbocycles. The molecule has 1 amide bonds. The lowest BCUT2D eigenvalue weighted by atomic mass is 9.94. The third-order valence-corrected chi connectivity index (χ3v) is 6.12. The van der Waals surface area contributed by atoms with Crippen molar-refractivity contribution >= 4 is 11.6 Å². The van der Waals surface area contributed by atoms with Gasteiger partial charge in [0.15, 0.2) is 0 Å². The van der Waals surface area contributed by atoms with E-state index in [1.807, 2.05) is 0 Å². The van der Waals surface area contributed by atoms with Crippen molar-refractivity contribution in [3.63, 3.8) is 0 Å². The van der Waals surface area contributed by atoms with Crippen molar-refractivity contribution in [2.45, 2.75) is 51.0 Å². The van der Waals surface area contributed by atoms with Gasteiger partial charge in [-0.25, -0.2) is 4.39 Å². The fourth-order valence-electron chi connectivity index (χ4n) is 4.12. The first-order valence-electron chi connectivity index (χ1n) is 10.0. The molecule has 2 heterocycles. The van der Waals surface area contributed by atoms with Crippen molar-refractivity contribution in [1.29, 1.82) is 0 Å². The van der Waals surface area contributed by atoms with Crippen LogP contribution in [0.3, 0.4) is 0 Å². The molecule has 0 aromatic heterocycles. The number of carbonyl (C=O) groups excluding carboxylic acids is 1. The molecule has 4 rings (SSSR count). The van der Waals surface area contributed by atoms with E-state index >= 15 is 0 Å². The number of halogens is 1. The second-order valence-corrected chi connectivity index (χ2v) is 8.54. The van der Waals surface area contributed by atoms with Crippen molar-refractivity contribution in [3.05, 3.63) is 35.6 Å². The Hall–Kier alpha value is -1.95. The van der Waals surface area contributed by atoms with Gasteiger partial charge in [0.05, 0.1) is 5.71 Å². The predicted octanol–water partition coefficient (Wildman–Crippen LogP) is 3.09. The van der Waals surface area contributed by atoms with Gasteiger partial charge in [0.2, 0.25) is 5.60 Å². The normalized spacial score (nSPS) is 27.0. The molecule has 1 atom stereocenters. The van der Waals surface area contributed by atoms with Gasteiger partial charge in [-0.15, -0.1) is 0 Å². The van der Waals surface area contributed by atoms with Crippen molar-refractivity contribution in [1.82, 2.24) is 10.2 Å². The maximum Gasteiger partial charge on any atom is 0.267 e. The van der Waals surface area contributed by atoms with Crippen molar-refractivity contribution in [2.75, 3.05) is 26.2 Å². The maximum absolute atomic E-state index is 14.0. The summed E-state index contributed by atoms with van der Waals surface area (Å²) in [7, 11) is 0. The third-order valence-electron chi connectivity index (χ3n) is 6.12. The SMILES string of the molecule is CC1(C(=O)NCC2(CN3CCCCC3)CC2)CC(c2ccccc2F)=NO1. The summed E-state index contributed by atoms with van der Waals surface area (Å²) in [5, 5.41) is 7.09. The van der Waals surface area contributed by atoms with Gasteiger partial charge in [0.25, 0.3) is 5.91 Å². The number of amides is 1. The van der Waals surface area contributed by atoms with E-state index in [9.17, 15) is 9.18 Å². The van der Waals surface area contributed by atoms with Crippen LogP contribution >= 0.6 is 0 Å². The van der Waals surface area contributed by atoms with Crippen LogP contribution in [0.5, 0.6) is 0 Å². The zero-order valence-electron chi connectivity index (χ0n) is 16.0. The number of carbonyl (C=O) groups is 1. The standard InChI is InChI=1S/C21H28FN3O2/c1-20(13-18(24-27-20)16-7-3-4-8-17(16)22)19(26)23-14-21(9-10-21)15-25-11-5-2-6-12-25/h3-4,7-8H,2,5-6,9-15H2,1H3,(H,23,26). The molecule has 27 heavy (non-hydrogen) atoms. The molecule has 5 nitrogen and oxygen atoms in total. The number of nitrogens with zero attached hydrogens (tertiary/aromatic N) is 2. The van der Waals surface area contributed by atoms with E-state index in [2.05, 4.69) is 15.4 Å². The molecule has 1 aromatic rings. The fourth-order valence-corrected chi connectivity index (χ4v) is 4.12. The van der Waals surface area contributed by atoms with Gasteiger partial charge < -0.3 is 15.1 Å². The number of piperidine rings is 1. The van der Waals surface area contributed by atoms with Gasteiger partial charge in [-0.1, -0.05) is 29.8 Å². The van der Waals surface area contributed by atoms with E-state index < -0.39 is 5.60 Å². The lowest BCUT2D eigenvalue weighted by Crippen LogP contribution is -2.48. The van der Waals surface area contributed by atoms with E-state index in [4.69, 9.17) is 4.84 Å². The number of nitrogens with one attached hydrogen (secondary N) is 1. The van der Waals surface area contributed by atoms with Crippen LogP contribution in [-0.2, 0) is 9.63 Å². The predicted molar refractivity (Wildman–Crippen MR) is 102 cm³/mol. The number of hydrogen-bond acceptors (Lipinski definition) is 4. The van der Waals surface area contributed by atoms with Gasteiger partial charge in [-0.2, -0.15) is 0 Å². The number of benzene rings is 1. The van der Waals surface area contributed by atoms with E-state index in [0.717, 1.165) is 6.54 Å². The zero-order chi connectivity index (χ0) is 18.9. The monoisotopic (exact) mass is 373 g/mol. The van der Waals surface area contributed by atoms with E-state index in [1.165, 1.54) is 51.3 Å². The quantitative estimate of drug-likeness (QED) is 0.834. The Morgan fingerprint density at radius 2 is 2.00 bits per heavy atom. The van der Waals surface area contributed by atoms with Crippen LogP contribution in [0, 0.1) is 11.2 Å². The van der Waals surface area contributed by atoms with Gasteiger partial charge in [-0.3, -0.25) is 4.79 Å². The molecule has 1 aliphatic carbocycles. The van der Waals surface area contributed by atoms with Gasteiger partial charge >= 0.3 is 0 Å². The Bertz CT molecular complexity index is 741. The summed E-state index contributed by atoms with van der Waals surface area (Å²) in [6.45, 7) is 5.83. The zero-order valence-corrected chi connectivity index (χ0v) is 16.0.